The number of carbonyl (C=O) groups is 1. The number of aliphatic hydroxyl groups is 1. The quantitative estimate of drug-likeness (QED) is 0.758. The van der Waals surface area contributed by atoms with Gasteiger partial charge >= 0.3 is 0 Å². The van der Waals surface area contributed by atoms with Gasteiger partial charge in [-0.1, -0.05) is 6.07 Å². The molecule has 0 heterocycles. The van der Waals surface area contributed by atoms with Gasteiger partial charge in [-0.3, -0.25) is 4.79 Å². The molecule has 0 saturated heterocycles. The van der Waals surface area contributed by atoms with Crippen LogP contribution in [-0.2, 0) is 16.0 Å². The molecule has 1 unspecified atom stereocenters. The van der Waals surface area contributed by atoms with Crippen LogP contribution in [-0.4, -0.2) is 44.5 Å². The zero-order valence-corrected chi connectivity index (χ0v) is 11.0. The van der Waals surface area contributed by atoms with E-state index < -0.39 is 11.9 Å². The number of hydrogen-bond acceptors (Lipinski definition) is 4. The summed E-state index contributed by atoms with van der Waals surface area (Å²) in [5.41, 5.74) is 0.532. The fraction of sp³-hybridized carbons (Fsp3) is 0.462. The molecule has 1 aromatic carbocycles. The molecule has 0 spiro atoms. The fourth-order valence-electron chi connectivity index (χ4n) is 1.63. The van der Waals surface area contributed by atoms with Crippen LogP contribution in [0.15, 0.2) is 18.2 Å². The number of hydrogen-bond donors (Lipinski definition) is 2. The first-order valence-electron chi connectivity index (χ1n) is 5.82. The van der Waals surface area contributed by atoms with Crippen molar-refractivity contribution in [1.82, 2.24) is 5.32 Å². The molecule has 106 valence electrons. The van der Waals surface area contributed by atoms with Crippen molar-refractivity contribution < 1.29 is 23.8 Å². The normalized spacial score (nSPS) is 12.0. The molecule has 0 aliphatic rings. The number of benzene rings is 1. The molecule has 1 aromatic rings. The van der Waals surface area contributed by atoms with Gasteiger partial charge in [-0.2, -0.15) is 0 Å². The smallest absolute Gasteiger partial charge is 0.224 e. The second kappa shape index (κ2) is 7.70. The highest BCUT2D eigenvalue weighted by atomic mass is 19.1. The molecule has 0 fully saturated rings. The maximum Gasteiger partial charge on any atom is 0.224 e. The van der Waals surface area contributed by atoms with Crippen LogP contribution in [0.3, 0.4) is 0 Å². The summed E-state index contributed by atoms with van der Waals surface area (Å²) in [5.74, 6) is -0.680. The van der Waals surface area contributed by atoms with E-state index in [1.807, 2.05) is 0 Å². The lowest BCUT2D eigenvalue weighted by atomic mass is 10.1. The summed E-state index contributed by atoms with van der Waals surface area (Å²) in [6, 6.07) is 3.88. The van der Waals surface area contributed by atoms with Gasteiger partial charge in [0.05, 0.1) is 32.8 Å². The summed E-state index contributed by atoms with van der Waals surface area (Å²) in [6.07, 6.45) is 0.0289. The Balaban J connectivity index is 2.59. The van der Waals surface area contributed by atoms with Crippen LogP contribution >= 0.6 is 0 Å². The zero-order valence-electron chi connectivity index (χ0n) is 11.0. The van der Waals surface area contributed by atoms with Gasteiger partial charge in [0.15, 0.2) is 11.6 Å². The molecule has 0 aromatic heterocycles. The van der Waals surface area contributed by atoms with Crippen molar-refractivity contribution in [1.29, 1.82) is 0 Å². The Hall–Kier alpha value is -1.66. The maximum absolute atomic E-state index is 13.4. The number of carbonyl (C=O) groups excluding carboxylic acids is 1. The molecule has 19 heavy (non-hydrogen) atoms. The largest absolute Gasteiger partial charge is 0.494 e. The third-order valence-corrected chi connectivity index (χ3v) is 2.53. The molecule has 0 bridgehead atoms. The van der Waals surface area contributed by atoms with Gasteiger partial charge < -0.3 is 19.9 Å². The minimum atomic E-state index is -0.511. The van der Waals surface area contributed by atoms with E-state index in [1.165, 1.54) is 26.4 Å². The van der Waals surface area contributed by atoms with Crippen molar-refractivity contribution in [3.8, 4) is 5.75 Å². The van der Waals surface area contributed by atoms with E-state index in [1.54, 1.807) is 6.07 Å². The van der Waals surface area contributed by atoms with E-state index in [9.17, 15) is 9.18 Å². The van der Waals surface area contributed by atoms with Crippen LogP contribution in [0.2, 0.25) is 0 Å². The minimum absolute atomic E-state index is 0.0289. The molecule has 6 heteroatoms. The second-order valence-electron chi connectivity index (χ2n) is 4.05. The van der Waals surface area contributed by atoms with Crippen LogP contribution in [0.4, 0.5) is 4.39 Å². The predicted octanol–water partition coefficient (Wildman–Crippen LogP) is 0.500. The molecule has 0 aliphatic carbocycles. The Morgan fingerprint density at radius 2 is 2.21 bits per heavy atom. The van der Waals surface area contributed by atoms with Crippen molar-refractivity contribution in [2.24, 2.45) is 0 Å². The highest BCUT2D eigenvalue weighted by Gasteiger charge is 2.12. The number of halogens is 1. The molecular weight excluding hydrogens is 253 g/mol. The lowest BCUT2D eigenvalue weighted by Crippen LogP contribution is -2.41. The maximum atomic E-state index is 13.4. The van der Waals surface area contributed by atoms with E-state index in [0.29, 0.717) is 5.56 Å². The summed E-state index contributed by atoms with van der Waals surface area (Å²) in [7, 11) is 2.86. The molecule has 5 nitrogen and oxygen atoms in total. The second-order valence-corrected chi connectivity index (χ2v) is 4.05. The number of rotatable bonds is 7. The van der Waals surface area contributed by atoms with E-state index in [-0.39, 0.29) is 31.3 Å². The highest BCUT2D eigenvalue weighted by molar-refractivity contribution is 5.78. The van der Waals surface area contributed by atoms with E-state index >= 15 is 0 Å². The Bertz CT molecular complexity index is 425. The fourth-order valence-corrected chi connectivity index (χ4v) is 1.63. The Morgan fingerprint density at radius 3 is 2.74 bits per heavy atom. The average Bonchev–Trinajstić information content (AvgIpc) is 2.38. The van der Waals surface area contributed by atoms with Gasteiger partial charge in [0.1, 0.15) is 0 Å². The molecule has 2 N–H and O–H groups in total. The molecule has 0 aliphatic heterocycles. The Labute approximate surface area is 111 Å². The Morgan fingerprint density at radius 1 is 1.47 bits per heavy atom. The van der Waals surface area contributed by atoms with Crippen LogP contribution < -0.4 is 10.1 Å². The van der Waals surface area contributed by atoms with Gasteiger partial charge in [-0.25, -0.2) is 4.39 Å². The summed E-state index contributed by atoms with van der Waals surface area (Å²) in [4.78, 5) is 11.7. The third-order valence-electron chi connectivity index (χ3n) is 2.53. The molecule has 1 atom stereocenters. The van der Waals surface area contributed by atoms with Crippen molar-refractivity contribution in [3.63, 3.8) is 0 Å². The van der Waals surface area contributed by atoms with E-state index in [2.05, 4.69) is 5.32 Å². The van der Waals surface area contributed by atoms with Crippen molar-refractivity contribution in [2.45, 2.75) is 12.5 Å². The van der Waals surface area contributed by atoms with Crippen molar-refractivity contribution in [2.75, 3.05) is 27.4 Å². The summed E-state index contributed by atoms with van der Waals surface area (Å²) < 4.78 is 23.1. The molecule has 0 saturated carbocycles. The van der Waals surface area contributed by atoms with Crippen LogP contribution in [0, 0.1) is 5.82 Å². The van der Waals surface area contributed by atoms with Gasteiger partial charge in [-0.15, -0.1) is 0 Å². The van der Waals surface area contributed by atoms with Crippen LogP contribution in [0.25, 0.3) is 0 Å². The predicted molar refractivity (Wildman–Crippen MR) is 67.5 cm³/mol. The minimum Gasteiger partial charge on any atom is -0.494 e. The van der Waals surface area contributed by atoms with Gasteiger partial charge in [0.2, 0.25) is 5.91 Å². The number of aliphatic hydroxyl groups excluding tert-OH is 1. The number of nitrogens with one attached hydrogen (secondary N) is 1. The van der Waals surface area contributed by atoms with Crippen LogP contribution in [0.1, 0.15) is 5.56 Å². The first kappa shape index (κ1) is 15.4. The van der Waals surface area contributed by atoms with Gasteiger partial charge in [0, 0.05) is 7.11 Å². The molecule has 1 amide bonds. The van der Waals surface area contributed by atoms with E-state index in [0.717, 1.165) is 0 Å². The first-order valence-corrected chi connectivity index (χ1v) is 5.82. The Kier molecular flexibility index (Phi) is 6.24. The standard InChI is InChI=1S/C13H18FNO4/c1-18-8-10(7-16)15-13(17)6-9-3-4-12(19-2)11(14)5-9/h3-5,10,16H,6-8H2,1-2H3,(H,15,17). The van der Waals surface area contributed by atoms with E-state index in [4.69, 9.17) is 14.6 Å². The SMILES string of the molecule is COCC(CO)NC(=O)Cc1ccc(OC)c(F)c1. The number of ether oxygens (including phenoxy) is 2. The summed E-state index contributed by atoms with van der Waals surface area (Å²) in [6.45, 7) is 0.00969. The first-order chi connectivity index (χ1) is 9.10. The topological polar surface area (TPSA) is 67.8 Å². The van der Waals surface area contributed by atoms with Gasteiger partial charge in [0.25, 0.3) is 0 Å². The molecule has 0 radical (unpaired) electrons. The number of methoxy groups -OCH3 is 2. The van der Waals surface area contributed by atoms with Crippen molar-refractivity contribution >= 4 is 5.91 Å². The molecule has 1 rings (SSSR count). The summed E-state index contributed by atoms with van der Waals surface area (Å²) >= 11 is 0. The number of amides is 1. The lowest BCUT2D eigenvalue weighted by Gasteiger charge is -2.15. The highest BCUT2D eigenvalue weighted by Crippen LogP contribution is 2.17. The van der Waals surface area contributed by atoms with Crippen LogP contribution in [0.5, 0.6) is 5.75 Å². The van der Waals surface area contributed by atoms with Crippen molar-refractivity contribution in [3.05, 3.63) is 29.6 Å². The molecular formula is C13H18FNO4. The average molecular weight is 271 g/mol. The lowest BCUT2D eigenvalue weighted by molar-refractivity contribution is -0.121. The zero-order chi connectivity index (χ0) is 14.3. The summed E-state index contributed by atoms with van der Waals surface area (Å²) in [5, 5.41) is 11.6. The van der Waals surface area contributed by atoms with Gasteiger partial charge in [-0.05, 0) is 17.7 Å². The third kappa shape index (κ3) is 4.84. The monoisotopic (exact) mass is 271 g/mol.